The van der Waals surface area contributed by atoms with Crippen molar-refractivity contribution in [1.29, 1.82) is 0 Å². The van der Waals surface area contributed by atoms with Crippen molar-refractivity contribution in [2.24, 2.45) is 5.92 Å². The third-order valence-corrected chi connectivity index (χ3v) is 4.36. The zero-order valence-corrected chi connectivity index (χ0v) is 12.9. The number of nitrogens with zero attached hydrogens (tertiary/aromatic N) is 4. The molecule has 4 rings (SSSR count). The molecule has 0 saturated carbocycles. The number of alkyl halides is 2. The summed E-state index contributed by atoms with van der Waals surface area (Å²) in [4.78, 5) is 33.8. The molecular weight excluding hydrogens is 334 g/mol. The summed E-state index contributed by atoms with van der Waals surface area (Å²) in [5.74, 6) is -0.692. The topological polar surface area (TPSA) is 99.2 Å². The lowest BCUT2D eigenvalue weighted by Gasteiger charge is -2.20. The Morgan fingerprint density at radius 3 is 2.88 bits per heavy atom. The molecule has 1 fully saturated rings. The smallest absolute Gasteiger partial charge is 0.325 e. The quantitative estimate of drug-likeness (QED) is 0.732. The van der Waals surface area contributed by atoms with Crippen LogP contribution in [0.3, 0.4) is 0 Å². The van der Waals surface area contributed by atoms with E-state index in [1.807, 2.05) is 4.90 Å². The second kappa shape index (κ2) is 5.80. The maximum atomic E-state index is 13.0. The summed E-state index contributed by atoms with van der Waals surface area (Å²) in [6, 6.07) is 1.64. The van der Waals surface area contributed by atoms with Crippen LogP contribution < -0.4 is 16.1 Å². The third kappa shape index (κ3) is 2.69. The highest BCUT2D eigenvalue weighted by Crippen LogP contribution is 2.31. The minimum atomic E-state index is -2.37. The number of fused-ring (bicyclic) bond motifs is 1. The van der Waals surface area contributed by atoms with Gasteiger partial charge in [0, 0.05) is 37.6 Å². The molecule has 10 heteroatoms. The minimum absolute atomic E-state index is 0.182. The van der Waals surface area contributed by atoms with Gasteiger partial charge in [0.05, 0.1) is 11.3 Å². The van der Waals surface area contributed by atoms with Crippen LogP contribution in [0.2, 0.25) is 0 Å². The second-order valence-electron chi connectivity index (χ2n) is 5.93. The highest BCUT2D eigenvalue weighted by molar-refractivity contribution is 5.74. The summed E-state index contributed by atoms with van der Waals surface area (Å²) in [7, 11) is 0. The van der Waals surface area contributed by atoms with Crippen molar-refractivity contribution < 1.29 is 8.78 Å². The van der Waals surface area contributed by atoms with Crippen molar-refractivity contribution in [1.82, 2.24) is 24.6 Å². The van der Waals surface area contributed by atoms with E-state index in [2.05, 4.69) is 20.1 Å². The molecular formula is C15H14F2N6O2. The molecule has 0 bridgehead atoms. The van der Waals surface area contributed by atoms with Crippen molar-refractivity contribution in [3.8, 4) is 11.3 Å². The lowest BCUT2D eigenvalue weighted by Crippen LogP contribution is -2.24. The van der Waals surface area contributed by atoms with Crippen molar-refractivity contribution in [2.75, 3.05) is 18.0 Å². The second-order valence-corrected chi connectivity index (χ2v) is 5.93. The van der Waals surface area contributed by atoms with E-state index in [1.165, 1.54) is 10.7 Å². The highest BCUT2D eigenvalue weighted by Gasteiger charge is 2.31. The van der Waals surface area contributed by atoms with Gasteiger partial charge < -0.3 is 9.88 Å². The first-order valence-corrected chi connectivity index (χ1v) is 7.73. The van der Waals surface area contributed by atoms with Gasteiger partial charge in [0.1, 0.15) is 5.69 Å². The first-order chi connectivity index (χ1) is 12.0. The number of anilines is 1. The maximum Gasteiger partial charge on any atom is 0.325 e. The number of H-pyrrole nitrogens is 2. The zero-order chi connectivity index (χ0) is 17.6. The van der Waals surface area contributed by atoms with Crippen LogP contribution in [0.15, 0.2) is 34.2 Å². The number of aromatic amines is 2. The molecule has 3 aromatic rings. The van der Waals surface area contributed by atoms with Crippen molar-refractivity contribution >= 4 is 11.3 Å². The van der Waals surface area contributed by atoms with Crippen LogP contribution >= 0.6 is 0 Å². The van der Waals surface area contributed by atoms with Crippen molar-refractivity contribution in [3.63, 3.8) is 0 Å². The van der Waals surface area contributed by atoms with Gasteiger partial charge in [-0.15, -0.1) is 0 Å². The first kappa shape index (κ1) is 15.5. The summed E-state index contributed by atoms with van der Waals surface area (Å²) < 4.78 is 27.4. The molecule has 4 heterocycles. The molecule has 0 amide bonds. The molecule has 1 unspecified atom stereocenters. The van der Waals surface area contributed by atoms with Crippen LogP contribution in [0.25, 0.3) is 16.9 Å². The maximum absolute atomic E-state index is 13.0. The molecule has 3 aromatic heterocycles. The molecule has 1 atom stereocenters. The predicted molar refractivity (Wildman–Crippen MR) is 86.0 cm³/mol. The van der Waals surface area contributed by atoms with E-state index in [0.29, 0.717) is 30.0 Å². The van der Waals surface area contributed by atoms with Gasteiger partial charge in [0.15, 0.2) is 5.65 Å². The van der Waals surface area contributed by atoms with Gasteiger partial charge >= 0.3 is 5.69 Å². The van der Waals surface area contributed by atoms with E-state index in [9.17, 15) is 18.4 Å². The minimum Gasteiger partial charge on any atom is -0.368 e. The number of rotatable bonds is 3. The summed E-state index contributed by atoms with van der Waals surface area (Å²) in [6.07, 6.45) is 2.46. The molecule has 8 nitrogen and oxygen atoms in total. The molecule has 1 aliphatic rings. The number of halogens is 2. The molecule has 2 N–H and O–H groups in total. The van der Waals surface area contributed by atoms with Crippen LogP contribution in [-0.2, 0) is 0 Å². The lowest BCUT2D eigenvalue weighted by atomic mass is 10.1. The van der Waals surface area contributed by atoms with Gasteiger partial charge in [0.25, 0.3) is 5.56 Å². The van der Waals surface area contributed by atoms with Crippen molar-refractivity contribution in [2.45, 2.75) is 12.8 Å². The standard InChI is InChI=1S/C15H14F2N6O2/c16-12(17)8-1-3-22(7-8)11-5-10(21-23-4-2-18-13(11)23)9-6-19-15(25)20-14(9)24/h2,4-6,8,12H,1,3,7H2,(H2,19,20,24,25). The number of aromatic nitrogens is 5. The Morgan fingerprint density at radius 2 is 2.16 bits per heavy atom. The highest BCUT2D eigenvalue weighted by atomic mass is 19.3. The molecule has 1 aliphatic heterocycles. The van der Waals surface area contributed by atoms with Crippen LogP contribution in [0.5, 0.6) is 0 Å². The molecule has 0 aliphatic carbocycles. The van der Waals surface area contributed by atoms with Crippen LogP contribution in [0, 0.1) is 5.92 Å². The van der Waals surface area contributed by atoms with Gasteiger partial charge in [-0.3, -0.25) is 9.78 Å². The Hall–Kier alpha value is -3.04. The normalized spacial score (nSPS) is 17.7. The average molecular weight is 348 g/mol. The SMILES string of the molecule is O=c1[nH]cc(-c2cc(N3CCC(C(F)F)C3)c3nccn3n2)c(=O)[nH]1. The Balaban J connectivity index is 1.83. The fourth-order valence-electron chi connectivity index (χ4n) is 3.08. The molecule has 1 saturated heterocycles. The number of hydrogen-bond acceptors (Lipinski definition) is 5. The zero-order valence-electron chi connectivity index (χ0n) is 12.9. The summed E-state index contributed by atoms with van der Waals surface area (Å²) in [5.41, 5.74) is 0.466. The van der Waals surface area contributed by atoms with Gasteiger partial charge in [0.2, 0.25) is 6.43 Å². The predicted octanol–water partition coefficient (Wildman–Crippen LogP) is 0.864. The van der Waals surface area contributed by atoms with E-state index in [4.69, 9.17) is 0 Å². The summed E-state index contributed by atoms with van der Waals surface area (Å²) in [5, 5.41) is 4.32. The molecule has 0 spiro atoms. The Labute approximate surface area is 139 Å². The monoisotopic (exact) mass is 348 g/mol. The van der Waals surface area contributed by atoms with Gasteiger partial charge in [-0.05, 0) is 12.5 Å². The van der Waals surface area contributed by atoms with Gasteiger partial charge in [-0.25, -0.2) is 23.1 Å². The van der Waals surface area contributed by atoms with Gasteiger partial charge in [-0.1, -0.05) is 0 Å². The van der Waals surface area contributed by atoms with Crippen LogP contribution in [0.1, 0.15) is 6.42 Å². The van der Waals surface area contributed by atoms with E-state index >= 15 is 0 Å². The third-order valence-electron chi connectivity index (χ3n) is 4.36. The summed E-state index contributed by atoms with van der Waals surface area (Å²) in [6.45, 7) is 0.689. The van der Waals surface area contributed by atoms with Crippen LogP contribution in [-0.4, -0.2) is 44.1 Å². The Kier molecular flexibility index (Phi) is 3.59. The van der Waals surface area contributed by atoms with E-state index < -0.39 is 23.6 Å². The molecule has 0 aromatic carbocycles. The largest absolute Gasteiger partial charge is 0.368 e. The Bertz CT molecular complexity index is 1040. The van der Waals surface area contributed by atoms with Crippen molar-refractivity contribution in [3.05, 3.63) is 45.5 Å². The number of nitrogens with one attached hydrogen (secondary N) is 2. The van der Waals surface area contributed by atoms with E-state index in [1.54, 1.807) is 18.5 Å². The fourth-order valence-corrected chi connectivity index (χ4v) is 3.08. The van der Waals surface area contributed by atoms with E-state index in [0.717, 1.165) is 0 Å². The molecule has 0 radical (unpaired) electrons. The summed E-state index contributed by atoms with van der Waals surface area (Å²) >= 11 is 0. The van der Waals surface area contributed by atoms with E-state index in [-0.39, 0.29) is 12.1 Å². The van der Waals surface area contributed by atoms with Gasteiger partial charge in [-0.2, -0.15) is 5.10 Å². The molecule has 25 heavy (non-hydrogen) atoms. The van der Waals surface area contributed by atoms with Crippen LogP contribution in [0.4, 0.5) is 14.5 Å². The average Bonchev–Trinajstić information content (AvgIpc) is 3.23. The Morgan fingerprint density at radius 1 is 1.32 bits per heavy atom. The molecule has 130 valence electrons. The first-order valence-electron chi connectivity index (χ1n) is 7.73. The number of imidazole rings is 1. The fraction of sp³-hybridized carbons (Fsp3) is 0.333. The lowest BCUT2D eigenvalue weighted by molar-refractivity contribution is 0.0880. The number of hydrogen-bond donors (Lipinski definition) is 2.